The summed E-state index contributed by atoms with van der Waals surface area (Å²) in [4.78, 5) is 15.4. The number of nitrogens with one attached hydrogen (secondary N) is 3. The predicted octanol–water partition coefficient (Wildman–Crippen LogP) is 2.74. The van der Waals surface area contributed by atoms with Gasteiger partial charge in [0, 0.05) is 11.1 Å². The van der Waals surface area contributed by atoms with Gasteiger partial charge in [0.05, 0.1) is 17.9 Å². The van der Waals surface area contributed by atoms with Crippen LogP contribution in [0.2, 0.25) is 0 Å². The van der Waals surface area contributed by atoms with Gasteiger partial charge in [-0.25, -0.2) is 9.78 Å². The fraction of sp³-hybridized carbons (Fsp3) is 0. The summed E-state index contributed by atoms with van der Waals surface area (Å²) in [6.07, 6.45) is 2.75. The third kappa shape index (κ3) is 2.28. The largest absolute Gasteiger partial charge is 0.323 e. The van der Waals surface area contributed by atoms with Gasteiger partial charge in [0.2, 0.25) is 5.95 Å². The van der Waals surface area contributed by atoms with Crippen LogP contribution in [0.5, 0.6) is 0 Å². The summed E-state index contributed by atoms with van der Waals surface area (Å²) in [6, 6.07) is 8.31. The number of amides is 2. The second kappa shape index (κ2) is 4.96. The zero-order chi connectivity index (χ0) is 13.9. The summed E-state index contributed by atoms with van der Waals surface area (Å²) in [5.41, 5.74) is 1.14. The van der Waals surface area contributed by atoms with Crippen LogP contribution in [0.4, 0.5) is 20.6 Å². The number of urea groups is 1. The Morgan fingerprint density at radius 3 is 2.75 bits per heavy atom. The number of pyridine rings is 1. The molecule has 3 N–H and O–H groups in total. The second-order valence-electron chi connectivity index (χ2n) is 4.07. The molecule has 2 aromatic heterocycles. The van der Waals surface area contributed by atoms with Crippen molar-refractivity contribution in [2.45, 2.75) is 0 Å². The van der Waals surface area contributed by atoms with Crippen LogP contribution >= 0.6 is 0 Å². The highest BCUT2D eigenvalue weighted by Gasteiger charge is 2.13. The van der Waals surface area contributed by atoms with Crippen molar-refractivity contribution in [1.29, 1.82) is 0 Å². The summed E-state index contributed by atoms with van der Waals surface area (Å²) in [7, 11) is 0. The maximum absolute atomic E-state index is 13.7. The van der Waals surface area contributed by atoms with Crippen molar-refractivity contribution in [3.63, 3.8) is 0 Å². The van der Waals surface area contributed by atoms with Crippen molar-refractivity contribution >= 4 is 28.3 Å². The molecule has 20 heavy (non-hydrogen) atoms. The van der Waals surface area contributed by atoms with E-state index in [-0.39, 0.29) is 5.69 Å². The average molecular weight is 271 g/mol. The van der Waals surface area contributed by atoms with Crippen molar-refractivity contribution in [3.05, 3.63) is 48.7 Å². The molecule has 0 aliphatic heterocycles. The quantitative estimate of drug-likeness (QED) is 0.627. The SMILES string of the molecule is O=C(Nc1ccccc1)Nc1c(F)ncc2[nH]ncc12. The molecule has 0 spiro atoms. The van der Waals surface area contributed by atoms with Gasteiger partial charge in [0.25, 0.3) is 0 Å². The highest BCUT2D eigenvalue weighted by atomic mass is 19.1. The molecule has 0 bridgehead atoms. The van der Waals surface area contributed by atoms with E-state index in [1.807, 2.05) is 6.07 Å². The molecule has 0 saturated carbocycles. The van der Waals surface area contributed by atoms with Crippen molar-refractivity contribution in [2.75, 3.05) is 10.6 Å². The number of benzene rings is 1. The number of nitrogens with zero attached hydrogens (tertiary/aromatic N) is 2. The molecule has 0 unspecified atom stereocenters. The molecule has 0 radical (unpaired) electrons. The molecular weight excluding hydrogens is 261 g/mol. The van der Waals surface area contributed by atoms with Crippen molar-refractivity contribution in [1.82, 2.24) is 15.2 Å². The summed E-state index contributed by atoms with van der Waals surface area (Å²) in [6.45, 7) is 0. The van der Waals surface area contributed by atoms with Crippen LogP contribution in [0.1, 0.15) is 0 Å². The molecule has 100 valence electrons. The number of hydrogen-bond acceptors (Lipinski definition) is 3. The molecule has 3 rings (SSSR count). The minimum atomic E-state index is -0.762. The molecule has 7 heteroatoms. The van der Waals surface area contributed by atoms with Gasteiger partial charge in [-0.2, -0.15) is 9.49 Å². The minimum Gasteiger partial charge on any atom is -0.308 e. The number of halogens is 1. The lowest BCUT2D eigenvalue weighted by molar-refractivity contribution is 0.262. The number of rotatable bonds is 2. The number of carbonyl (C=O) groups is 1. The molecule has 3 aromatic rings. The van der Waals surface area contributed by atoms with E-state index in [9.17, 15) is 9.18 Å². The Morgan fingerprint density at radius 2 is 1.95 bits per heavy atom. The smallest absolute Gasteiger partial charge is 0.308 e. The van der Waals surface area contributed by atoms with E-state index in [1.54, 1.807) is 24.3 Å². The van der Waals surface area contributed by atoms with E-state index < -0.39 is 12.0 Å². The number of carbonyl (C=O) groups excluding carboxylic acids is 1. The van der Waals surface area contributed by atoms with Gasteiger partial charge in [-0.05, 0) is 12.1 Å². The number of hydrogen-bond donors (Lipinski definition) is 3. The van der Waals surface area contributed by atoms with E-state index >= 15 is 0 Å². The van der Waals surface area contributed by atoms with Crippen LogP contribution in [-0.4, -0.2) is 21.2 Å². The lowest BCUT2D eigenvalue weighted by atomic mass is 10.3. The van der Waals surface area contributed by atoms with E-state index in [2.05, 4.69) is 25.8 Å². The van der Waals surface area contributed by atoms with Crippen LogP contribution in [0.3, 0.4) is 0 Å². The number of para-hydroxylation sites is 1. The van der Waals surface area contributed by atoms with Crippen molar-refractivity contribution in [3.8, 4) is 0 Å². The lowest BCUT2D eigenvalue weighted by Gasteiger charge is -2.08. The molecule has 0 aliphatic rings. The Morgan fingerprint density at radius 1 is 1.15 bits per heavy atom. The van der Waals surface area contributed by atoms with Crippen LogP contribution in [0, 0.1) is 5.95 Å². The molecule has 1 aromatic carbocycles. The first-order chi connectivity index (χ1) is 9.74. The zero-order valence-electron chi connectivity index (χ0n) is 10.2. The first-order valence-electron chi connectivity index (χ1n) is 5.84. The average Bonchev–Trinajstić information content (AvgIpc) is 2.92. The van der Waals surface area contributed by atoms with Gasteiger partial charge in [0.15, 0.2) is 0 Å². The Balaban J connectivity index is 1.84. The third-order valence-electron chi connectivity index (χ3n) is 2.72. The monoisotopic (exact) mass is 271 g/mol. The van der Waals surface area contributed by atoms with Gasteiger partial charge in [-0.15, -0.1) is 0 Å². The van der Waals surface area contributed by atoms with E-state index in [0.717, 1.165) is 0 Å². The fourth-order valence-electron chi connectivity index (χ4n) is 1.81. The number of fused-ring (bicyclic) bond motifs is 1. The second-order valence-corrected chi connectivity index (χ2v) is 4.07. The van der Waals surface area contributed by atoms with Crippen LogP contribution in [0.25, 0.3) is 10.9 Å². The highest BCUT2D eigenvalue weighted by molar-refractivity contribution is 6.05. The molecule has 0 saturated heterocycles. The van der Waals surface area contributed by atoms with Crippen molar-refractivity contribution < 1.29 is 9.18 Å². The predicted molar refractivity (Wildman–Crippen MR) is 72.9 cm³/mol. The summed E-state index contributed by atoms with van der Waals surface area (Å²) >= 11 is 0. The maximum Gasteiger partial charge on any atom is 0.323 e. The van der Waals surface area contributed by atoms with Crippen molar-refractivity contribution in [2.24, 2.45) is 0 Å². The molecule has 0 fully saturated rings. The lowest BCUT2D eigenvalue weighted by Crippen LogP contribution is -2.20. The number of aromatic nitrogens is 3. The maximum atomic E-state index is 13.7. The standard InChI is InChI=1S/C13H10FN5O/c14-12-11(9-6-16-19-10(9)7-15-12)18-13(20)17-8-4-2-1-3-5-8/h1-7H,(H,16,19)(H2,17,18,20). The van der Waals surface area contributed by atoms with Crippen LogP contribution in [0.15, 0.2) is 42.7 Å². The third-order valence-corrected chi connectivity index (χ3v) is 2.72. The first kappa shape index (κ1) is 12.1. The Bertz CT molecular complexity index is 756. The Hall–Kier alpha value is -2.96. The highest BCUT2D eigenvalue weighted by Crippen LogP contribution is 2.23. The normalized spacial score (nSPS) is 10.4. The Labute approximate surface area is 113 Å². The number of H-pyrrole nitrogens is 1. The number of anilines is 2. The fourth-order valence-corrected chi connectivity index (χ4v) is 1.81. The van der Waals surface area contributed by atoms with Gasteiger partial charge >= 0.3 is 6.03 Å². The molecule has 2 amide bonds. The molecule has 0 aliphatic carbocycles. The minimum absolute atomic E-state index is 0.00955. The first-order valence-corrected chi connectivity index (χ1v) is 5.84. The van der Waals surface area contributed by atoms with Crippen LogP contribution in [-0.2, 0) is 0 Å². The van der Waals surface area contributed by atoms with Crippen LogP contribution < -0.4 is 10.6 Å². The molecule has 6 nitrogen and oxygen atoms in total. The molecule has 0 atom stereocenters. The Kier molecular flexibility index (Phi) is 3.00. The van der Waals surface area contributed by atoms with Gasteiger partial charge in [-0.1, -0.05) is 18.2 Å². The van der Waals surface area contributed by atoms with E-state index in [4.69, 9.17) is 0 Å². The topological polar surface area (TPSA) is 82.7 Å². The van der Waals surface area contributed by atoms with E-state index in [0.29, 0.717) is 16.6 Å². The number of aromatic amines is 1. The van der Waals surface area contributed by atoms with Gasteiger partial charge in [0.1, 0.15) is 5.69 Å². The van der Waals surface area contributed by atoms with Gasteiger partial charge < -0.3 is 10.6 Å². The summed E-state index contributed by atoms with van der Waals surface area (Å²) in [5.74, 6) is -0.762. The van der Waals surface area contributed by atoms with Gasteiger partial charge in [-0.3, -0.25) is 5.10 Å². The van der Waals surface area contributed by atoms with E-state index in [1.165, 1.54) is 12.4 Å². The summed E-state index contributed by atoms with van der Waals surface area (Å²) in [5, 5.41) is 11.9. The summed E-state index contributed by atoms with van der Waals surface area (Å²) < 4.78 is 13.7. The molecule has 2 heterocycles. The zero-order valence-corrected chi connectivity index (χ0v) is 10.2. The molecular formula is C13H10FN5O.